The maximum Gasteiger partial charge on any atom is 0.407 e. The van der Waals surface area contributed by atoms with E-state index in [2.05, 4.69) is 15.4 Å². The Balaban J connectivity index is 2.49. The maximum absolute atomic E-state index is 12.4. The zero-order chi connectivity index (χ0) is 28.5. The van der Waals surface area contributed by atoms with Crippen molar-refractivity contribution in [3.8, 4) is 0 Å². The van der Waals surface area contributed by atoms with Gasteiger partial charge in [-0.05, 0) is 25.3 Å². The highest BCUT2D eigenvalue weighted by Crippen LogP contribution is 2.13. The number of aliphatic hydroxyl groups is 5. The number of amides is 2. The molecule has 0 unspecified atom stereocenters. The number of benzene rings is 1. The summed E-state index contributed by atoms with van der Waals surface area (Å²) in [7, 11) is 0. The third kappa shape index (κ3) is 12.4. The molecule has 13 heteroatoms. The van der Waals surface area contributed by atoms with Crippen LogP contribution in [0, 0.1) is 0 Å². The van der Waals surface area contributed by atoms with E-state index in [-0.39, 0.29) is 19.6 Å². The van der Waals surface area contributed by atoms with Gasteiger partial charge in [0.25, 0.3) is 0 Å². The molecule has 7 N–H and O–H groups in total. The van der Waals surface area contributed by atoms with Gasteiger partial charge in [-0.3, -0.25) is 9.59 Å². The SMILES string of the molecule is CCOC(=O)C(=O)C[C@H](O)[C@@H](NC(=O)CCCCCNC(=O)OCc1ccccc1)[C@@H](O)[C@H](O)[C@H](O)CO. The second-order valence-electron chi connectivity index (χ2n) is 8.54. The maximum atomic E-state index is 12.4. The summed E-state index contributed by atoms with van der Waals surface area (Å²) >= 11 is 0. The lowest BCUT2D eigenvalue weighted by Gasteiger charge is -2.32. The van der Waals surface area contributed by atoms with Crippen LogP contribution in [-0.4, -0.2) is 99.5 Å². The van der Waals surface area contributed by atoms with Gasteiger partial charge < -0.3 is 45.6 Å². The Morgan fingerprint density at radius 3 is 2.21 bits per heavy atom. The summed E-state index contributed by atoms with van der Waals surface area (Å²) in [6.45, 7) is 0.951. The average Bonchev–Trinajstić information content (AvgIpc) is 2.91. The topological polar surface area (TPSA) is 212 Å². The molecule has 0 aliphatic heterocycles. The van der Waals surface area contributed by atoms with Gasteiger partial charge in [0.2, 0.25) is 11.7 Å². The zero-order valence-corrected chi connectivity index (χ0v) is 21.3. The lowest BCUT2D eigenvalue weighted by atomic mass is 9.94. The van der Waals surface area contributed by atoms with Gasteiger partial charge in [-0.2, -0.15) is 0 Å². The van der Waals surface area contributed by atoms with Crippen LogP contribution in [0.5, 0.6) is 0 Å². The van der Waals surface area contributed by atoms with Gasteiger partial charge in [0.1, 0.15) is 24.9 Å². The van der Waals surface area contributed by atoms with E-state index in [0.717, 1.165) is 5.56 Å². The van der Waals surface area contributed by atoms with Crippen LogP contribution in [0.1, 0.15) is 44.6 Å². The monoisotopic (exact) mass is 542 g/mol. The molecule has 0 bridgehead atoms. The first kappa shape index (κ1) is 32.9. The molecule has 2 amide bonds. The number of hydrogen-bond acceptors (Lipinski definition) is 11. The lowest BCUT2D eigenvalue weighted by molar-refractivity contribution is -0.155. The Kier molecular flexibility index (Phi) is 15.8. The Labute approximate surface area is 220 Å². The van der Waals surface area contributed by atoms with Crippen molar-refractivity contribution < 1.29 is 54.2 Å². The van der Waals surface area contributed by atoms with Gasteiger partial charge in [-0.25, -0.2) is 9.59 Å². The summed E-state index contributed by atoms with van der Waals surface area (Å²) in [6.07, 6.45) is -7.54. The van der Waals surface area contributed by atoms with E-state index in [0.29, 0.717) is 25.8 Å². The first-order valence-electron chi connectivity index (χ1n) is 12.4. The number of nitrogens with one attached hydrogen (secondary N) is 2. The molecule has 13 nitrogen and oxygen atoms in total. The molecule has 0 radical (unpaired) electrons. The zero-order valence-electron chi connectivity index (χ0n) is 21.3. The summed E-state index contributed by atoms with van der Waals surface area (Å²) in [5.41, 5.74) is 0.853. The van der Waals surface area contributed by atoms with Crippen molar-refractivity contribution in [2.45, 2.75) is 76.1 Å². The van der Waals surface area contributed by atoms with Crippen molar-refractivity contribution >= 4 is 23.8 Å². The van der Waals surface area contributed by atoms with Crippen molar-refractivity contribution in [1.29, 1.82) is 0 Å². The van der Waals surface area contributed by atoms with Gasteiger partial charge in [0.05, 0.1) is 25.4 Å². The van der Waals surface area contributed by atoms with Gasteiger partial charge in [-0.15, -0.1) is 0 Å². The second-order valence-corrected chi connectivity index (χ2v) is 8.54. The molecular formula is C25H38N2O11. The molecule has 0 saturated carbocycles. The Bertz CT molecular complexity index is 868. The fourth-order valence-electron chi connectivity index (χ4n) is 3.38. The molecule has 1 rings (SSSR count). The third-order valence-corrected chi connectivity index (χ3v) is 5.50. The number of hydrogen-bond donors (Lipinski definition) is 7. The molecule has 0 aliphatic carbocycles. The summed E-state index contributed by atoms with van der Waals surface area (Å²) in [4.78, 5) is 47.6. The number of carbonyl (C=O) groups is 4. The first-order valence-corrected chi connectivity index (χ1v) is 12.4. The normalized spacial score (nSPS) is 14.9. The molecule has 1 aromatic rings. The number of esters is 1. The van der Waals surface area contributed by atoms with E-state index < -0.39 is 67.2 Å². The van der Waals surface area contributed by atoms with Crippen molar-refractivity contribution in [2.24, 2.45) is 0 Å². The van der Waals surface area contributed by atoms with Crippen LogP contribution in [0.15, 0.2) is 30.3 Å². The number of unbranched alkanes of at least 4 members (excludes halogenated alkanes) is 2. The molecular weight excluding hydrogens is 504 g/mol. The molecule has 38 heavy (non-hydrogen) atoms. The highest BCUT2D eigenvalue weighted by molar-refractivity contribution is 6.33. The molecule has 0 saturated heterocycles. The average molecular weight is 543 g/mol. The number of rotatable bonds is 18. The van der Waals surface area contributed by atoms with Crippen LogP contribution >= 0.6 is 0 Å². The van der Waals surface area contributed by atoms with E-state index in [1.54, 1.807) is 0 Å². The molecule has 0 aromatic heterocycles. The Morgan fingerprint density at radius 2 is 1.58 bits per heavy atom. The number of ketones is 1. The standard InChI is InChI=1S/C25H38N2O11/c1-2-37-24(35)18(30)13-17(29)21(23(34)22(33)19(31)14-28)27-20(32)11-7-4-8-12-26-25(36)38-15-16-9-5-3-6-10-16/h3,5-6,9-10,17,19,21-23,28-29,31,33-34H,2,4,7-8,11-15H2,1H3,(H,26,36)(H,27,32)/t17-,19+,21+,22+,23+/m0/s1. The van der Waals surface area contributed by atoms with E-state index >= 15 is 0 Å². The molecule has 214 valence electrons. The van der Waals surface area contributed by atoms with Gasteiger partial charge in [-0.1, -0.05) is 36.8 Å². The first-order chi connectivity index (χ1) is 18.1. The summed E-state index contributed by atoms with van der Waals surface area (Å²) in [5.74, 6) is -2.96. The van der Waals surface area contributed by atoms with E-state index in [1.165, 1.54) is 6.92 Å². The van der Waals surface area contributed by atoms with Crippen LogP contribution in [-0.2, 0) is 30.5 Å². The highest BCUT2D eigenvalue weighted by atomic mass is 16.5. The number of carbonyl (C=O) groups excluding carboxylic acids is 4. The Morgan fingerprint density at radius 1 is 0.895 bits per heavy atom. The van der Waals surface area contributed by atoms with Crippen molar-refractivity contribution in [1.82, 2.24) is 10.6 Å². The fourth-order valence-corrected chi connectivity index (χ4v) is 3.38. The molecule has 1 aromatic carbocycles. The minimum absolute atomic E-state index is 0.0567. The summed E-state index contributed by atoms with van der Waals surface area (Å²) in [6, 6.07) is 7.54. The minimum atomic E-state index is -1.97. The number of alkyl carbamates (subject to hydrolysis) is 1. The van der Waals surface area contributed by atoms with Crippen LogP contribution in [0.3, 0.4) is 0 Å². The Hall–Kier alpha value is -3.10. The number of ether oxygens (including phenoxy) is 2. The molecule has 0 aliphatic rings. The van der Waals surface area contributed by atoms with E-state index in [9.17, 15) is 39.6 Å². The molecule has 0 spiro atoms. The van der Waals surface area contributed by atoms with Gasteiger partial charge >= 0.3 is 12.1 Å². The van der Waals surface area contributed by atoms with Crippen molar-refractivity contribution in [3.63, 3.8) is 0 Å². The predicted molar refractivity (Wildman–Crippen MR) is 132 cm³/mol. The quantitative estimate of drug-likeness (QED) is 0.0673. The number of aliphatic hydroxyl groups excluding tert-OH is 5. The second kappa shape index (κ2) is 18.2. The lowest BCUT2D eigenvalue weighted by Crippen LogP contribution is -2.58. The van der Waals surface area contributed by atoms with Crippen LogP contribution in [0.4, 0.5) is 4.79 Å². The van der Waals surface area contributed by atoms with E-state index in [1.807, 2.05) is 30.3 Å². The summed E-state index contributed by atoms with van der Waals surface area (Å²) < 4.78 is 9.65. The minimum Gasteiger partial charge on any atom is -0.460 e. The largest absolute Gasteiger partial charge is 0.460 e. The van der Waals surface area contributed by atoms with Crippen molar-refractivity contribution in [2.75, 3.05) is 19.8 Å². The summed E-state index contributed by atoms with van der Waals surface area (Å²) in [5, 5.41) is 54.4. The molecule has 0 fully saturated rings. The molecule has 0 heterocycles. The van der Waals surface area contributed by atoms with Crippen LogP contribution < -0.4 is 10.6 Å². The highest BCUT2D eigenvalue weighted by Gasteiger charge is 2.37. The van der Waals surface area contributed by atoms with Crippen molar-refractivity contribution in [3.05, 3.63) is 35.9 Å². The predicted octanol–water partition coefficient (Wildman–Crippen LogP) is -1.08. The van der Waals surface area contributed by atoms with E-state index in [4.69, 9.17) is 9.84 Å². The van der Waals surface area contributed by atoms with Gasteiger partial charge in [0, 0.05) is 19.4 Å². The molecule has 5 atom stereocenters. The van der Waals surface area contributed by atoms with Crippen LogP contribution in [0.2, 0.25) is 0 Å². The smallest absolute Gasteiger partial charge is 0.407 e. The fraction of sp³-hybridized carbons (Fsp3) is 0.600. The van der Waals surface area contributed by atoms with Gasteiger partial charge in [0.15, 0.2) is 0 Å². The third-order valence-electron chi connectivity index (χ3n) is 5.50. The van der Waals surface area contributed by atoms with Crippen LogP contribution in [0.25, 0.3) is 0 Å². The number of Topliss-reactive ketones (excluding diaryl/α,β-unsaturated/α-hetero) is 1.